The Hall–Kier alpha value is -2.60. The molecule has 1 amide bonds. The highest BCUT2D eigenvalue weighted by atomic mass is 16.5. The third-order valence-electron chi connectivity index (χ3n) is 4.61. The highest BCUT2D eigenvalue weighted by Gasteiger charge is 2.25. The van der Waals surface area contributed by atoms with Crippen molar-refractivity contribution in [2.24, 2.45) is 0 Å². The summed E-state index contributed by atoms with van der Waals surface area (Å²) in [4.78, 5) is 19.3. The number of amides is 1. The van der Waals surface area contributed by atoms with E-state index in [2.05, 4.69) is 11.1 Å². The van der Waals surface area contributed by atoms with E-state index in [4.69, 9.17) is 9.47 Å². The molecule has 1 aliphatic rings. The maximum Gasteiger partial charge on any atom is 0.254 e. The Labute approximate surface area is 148 Å². The monoisotopic (exact) mass is 343 g/mol. The molecule has 3 rings (SSSR count). The van der Waals surface area contributed by atoms with Crippen molar-refractivity contribution in [2.75, 3.05) is 40.4 Å². The zero-order valence-corrected chi connectivity index (χ0v) is 14.7. The van der Waals surface area contributed by atoms with Crippen molar-refractivity contribution in [1.29, 1.82) is 0 Å². The molecule has 1 aromatic heterocycles. The molecule has 6 nitrogen and oxygen atoms in total. The van der Waals surface area contributed by atoms with Gasteiger partial charge in [-0.25, -0.2) is 4.98 Å². The number of methoxy groups -OCH3 is 2. The normalized spacial score (nSPS) is 15.0. The number of pyridine rings is 1. The van der Waals surface area contributed by atoms with Crippen LogP contribution in [0.2, 0.25) is 0 Å². The van der Waals surface area contributed by atoms with Gasteiger partial charge in [0.15, 0.2) is 23.9 Å². The topological polar surface area (TPSA) is 57.3 Å². The van der Waals surface area contributed by atoms with Crippen molar-refractivity contribution < 1.29 is 24.2 Å². The molecule has 0 unspecified atom stereocenters. The lowest BCUT2D eigenvalue weighted by Crippen LogP contribution is -3.13. The summed E-state index contributed by atoms with van der Waals surface area (Å²) in [5.74, 6) is 1.26. The average Bonchev–Trinajstić information content (AvgIpc) is 2.68. The molecular formula is C19H25N3O3+2. The minimum atomic E-state index is 0.0491. The van der Waals surface area contributed by atoms with Gasteiger partial charge in [-0.05, 0) is 24.3 Å². The molecule has 1 fully saturated rings. The van der Waals surface area contributed by atoms with Crippen molar-refractivity contribution in [3.05, 3.63) is 53.9 Å². The Morgan fingerprint density at radius 2 is 1.92 bits per heavy atom. The van der Waals surface area contributed by atoms with Gasteiger partial charge < -0.3 is 19.3 Å². The lowest BCUT2D eigenvalue weighted by atomic mass is 10.1. The van der Waals surface area contributed by atoms with Crippen molar-refractivity contribution in [2.45, 2.75) is 6.54 Å². The third-order valence-corrected chi connectivity index (χ3v) is 4.61. The van der Waals surface area contributed by atoms with E-state index in [0.29, 0.717) is 17.1 Å². The van der Waals surface area contributed by atoms with Crippen LogP contribution in [0, 0.1) is 0 Å². The first kappa shape index (κ1) is 17.2. The molecule has 0 spiro atoms. The first-order valence-electron chi connectivity index (χ1n) is 8.51. The second-order valence-electron chi connectivity index (χ2n) is 6.20. The van der Waals surface area contributed by atoms with E-state index >= 15 is 0 Å². The Bertz CT molecular complexity index is 713. The fourth-order valence-corrected chi connectivity index (χ4v) is 3.18. The van der Waals surface area contributed by atoms with Crippen LogP contribution in [0.1, 0.15) is 15.9 Å². The van der Waals surface area contributed by atoms with E-state index in [1.165, 1.54) is 10.5 Å². The number of piperazine rings is 1. The Balaban J connectivity index is 1.60. The number of quaternary nitrogens is 1. The van der Waals surface area contributed by atoms with Gasteiger partial charge in [0.05, 0.1) is 46.0 Å². The Morgan fingerprint density at radius 1 is 1.16 bits per heavy atom. The summed E-state index contributed by atoms with van der Waals surface area (Å²) in [6.45, 7) is 4.41. The lowest BCUT2D eigenvalue weighted by molar-refractivity contribution is -0.917. The first-order chi connectivity index (χ1) is 12.2. The molecule has 0 bridgehead atoms. The molecule has 0 radical (unpaired) electrons. The van der Waals surface area contributed by atoms with E-state index in [9.17, 15) is 4.79 Å². The number of H-pyrrole nitrogens is 1. The van der Waals surface area contributed by atoms with Crippen molar-refractivity contribution in [1.82, 2.24) is 4.90 Å². The number of rotatable bonds is 5. The maximum atomic E-state index is 12.7. The molecule has 2 N–H and O–H groups in total. The van der Waals surface area contributed by atoms with E-state index in [1.54, 1.807) is 32.4 Å². The van der Waals surface area contributed by atoms with Gasteiger partial charge in [-0.3, -0.25) is 4.79 Å². The number of aromatic amines is 1. The standard InChI is InChI=1S/C19H23N3O3/c1-24-17-6-5-16(12-18(17)25-2)19(23)22-10-8-21(9-11-22)14-15-4-3-7-20-13-15/h3-7,12-13H,8-11,14H2,1-2H3/p+2. The van der Waals surface area contributed by atoms with Gasteiger partial charge >= 0.3 is 0 Å². The fourth-order valence-electron chi connectivity index (χ4n) is 3.18. The molecule has 0 saturated carbocycles. The second-order valence-corrected chi connectivity index (χ2v) is 6.20. The molecule has 1 aliphatic heterocycles. The predicted molar refractivity (Wildman–Crippen MR) is 92.8 cm³/mol. The predicted octanol–water partition coefficient (Wildman–Crippen LogP) is 0.0588. The molecule has 2 heterocycles. The van der Waals surface area contributed by atoms with Crippen LogP contribution in [0.5, 0.6) is 11.5 Å². The number of benzene rings is 1. The largest absolute Gasteiger partial charge is 0.493 e. The summed E-state index contributed by atoms with van der Waals surface area (Å²) in [5.41, 5.74) is 1.93. The summed E-state index contributed by atoms with van der Waals surface area (Å²) in [5, 5.41) is 0. The number of carbonyl (C=O) groups excluding carboxylic acids is 1. The van der Waals surface area contributed by atoms with Crippen LogP contribution >= 0.6 is 0 Å². The van der Waals surface area contributed by atoms with Gasteiger partial charge in [0.25, 0.3) is 5.91 Å². The fraction of sp³-hybridized carbons (Fsp3) is 0.368. The maximum absolute atomic E-state index is 12.7. The SMILES string of the molecule is COc1ccc(C(=O)N2CC[NH+](Cc3ccc[nH+]c3)CC2)cc1OC. The molecule has 132 valence electrons. The number of carbonyl (C=O) groups is 1. The smallest absolute Gasteiger partial charge is 0.254 e. The van der Waals surface area contributed by atoms with Crippen molar-refractivity contribution in [3.63, 3.8) is 0 Å². The summed E-state index contributed by atoms with van der Waals surface area (Å²) < 4.78 is 10.5. The van der Waals surface area contributed by atoms with Gasteiger partial charge in [-0.15, -0.1) is 0 Å². The van der Waals surface area contributed by atoms with Crippen LogP contribution in [0.15, 0.2) is 42.7 Å². The minimum absolute atomic E-state index is 0.0491. The van der Waals surface area contributed by atoms with Crippen LogP contribution in [-0.2, 0) is 6.54 Å². The van der Waals surface area contributed by atoms with Gasteiger partial charge in [-0.1, -0.05) is 0 Å². The van der Waals surface area contributed by atoms with E-state index in [0.717, 1.165) is 32.7 Å². The van der Waals surface area contributed by atoms with Crippen LogP contribution < -0.4 is 19.4 Å². The number of ether oxygens (including phenoxy) is 2. The van der Waals surface area contributed by atoms with Gasteiger partial charge in [0.1, 0.15) is 6.54 Å². The number of aromatic nitrogens is 1. The second kappa shape index (κ2) is 7.98. The van der Waals surface area contributed by atoms with Gasteiger partial charge in [0, 0.05) is 11.6 Å². The summed E-state index contributed by atoms with van der Waals surface area (Å²) in [7, 11) is 3.17. The molecule has 0 atom stereocenters. The molecule has 0 aliphatic carbocycles. The van der Waals surface area contributed by atoms with Gasteiger partial charge in [0.2, 0.25) is 0 Å². The van der Waals surface area contributed by atoms with E-state index in [1.807, 2.05) is 23.4 Å². The molecular weight excluding hydrogens is 318 g/mol. The lowest BCUT2D eigenvalue weighted by Gasteiger charge is -2.32. The summed E-state index contributed by atoms with van der Waals surface area (Å²) in [6, 6.07) is 9.47. The highest BCUT2D eigenvalue weighted by Crippen LogP contribution is 2.28. The molecule has 2 aromatic rings. The number of nitrogens with one attached hydrogen (secondary N) is 2. The molecule has 25 heavy (non-hydrogen) atoms. The first-order valence-corrected chi connectivity index (χ1v) is 8.51. The number of hydrogen-bond donors (Lipinski definition) is 1. The van der Waals surface area contributed by atoms with Gasteiger partial charge in [-0.2, -0.15) is 0 Å². The van der Waals surface area contributed by atoms with Crippen LogP contribution in [0.3, 0.4) is 0 Å². The van der Waals surface area contributed by atoms with Crippen molar-refractivity contribution in [3.8, 4) is 11.5 Å². The van der Waals surface area contributed by atoms with Crippen LogP contribution in [0.4, 0.5) is 0 Å². The quantitative estimate of drug-likeness (QED) is 0.835. The Kier molecular flexibility index (Phi) is 5.50. The van der Waals surface area contributed by atoms with Crippen LogP contribution in [0.25, 0.3) is 0 Å². The highest BCUT2D eigenvalue weighted by molar-refractivity contribution is 5.95. The summed E-state index contributed by atoms with van der Waals surface area (Å²) >= 11 is 0. The zero-order chi connectivity index (χ0) is 17.6. The zero-order valence-electron chi connectivity index (χ0n) is 14.7. The van der Waals surface area contributed by atoms with Crippen molar-refractivity contribution >= 4 is 5.91 Å². The minimum Gasteiger partial charge on any atom is -0.493 e. The van der Waals surface area contributed by atoms with E-state index < -0.39 is 0 Å². The Morgan fingerprint density at radius 3 is 2.56 bits per heavy atom. The molecule has 6 heteroatoms. The number of nitrogens with zero attached hydrogens (tertiary/aromatic N) is 1. The van der Waals surface area contributed by atoms with Crippen LogP contribution in [-0.4, -0.2) is 51.2 Å². The molecule has 1 aromatic carbocycles. The average molecular weight is 343 g/mol. The summed E-state index contributed by atoms with van der Waals surface area (Å²) in [6.07, 6.45) is 3.95. The molecule has 1 saturated heterocycles. The number of hydrogen-bond acceptors (Lipinski definition) is 3. The van der Waals surface area contributed by atoms with E-state index in [-0.39, 0.29) is 5.91 Å². The third kappa shape index (κ3) is 4.09.